The molecule has 0 bridgehead atoms. The van der Waals surface area contributed by atoms with Crippen LogP contribution in [0.25, 0.3) is 11.0 Å². The van der Waals surface area contributed by atoms with E-state index in [1.165, 1.54) is 18.6 Å². The van der Waals surface area contributed by atoms with Crippen molar-refractivity contribution < 1.29 is 22.7 Å². The van der Waals surface area contributed by atoms with Gasteiger partial charge in [-0.25, -0.2) is 18.2 Å². The fourth-order valence-electron chi connectivity index (χ4n) is 5.63. The quantitative estimate of drug-likeness (QED) is 0.168. The van der Waals surface area contributed by atoms with E-state index in [2.05, 4.69) is 47.1 Å². The van der Waals surface area contributed by atoms with Crippen molar-refractivity contribution in [3.8, 4) is 5.75 Å². The molecule has 0 aliphatic carbocycles. The first-order chi connectivity index (χ1) is 23.2. The van der Waals surface area contributed by atoms with Crippen molar-refractivity contribution in [1.29, 1.82) is 0 Å². The van der Waals surface area contributed by atoms with Crippen LogP contribution in [0.15, 0.2) is 42.9 Å². The van der Waals surface area contributed by atoms with Gasteiger partial charge < -0.3 is 29.9 Å². The Morgan fingerprint density at radius 3 is 2.45 bits per heavy atom. The van der Waals surface area contributed by atoms with Crippen LogP contribution in [0.3, 0.4) is 0 Å². The summed E-state index contributed by atoms with van der Waals surface area (Å²) < 4.78 is 38.4. The number of anilines is 6. The van der Waals surface area contributed by atoms with Crippen LogP contribution in [-0.4, -0.2) is 84.5 Å². The molecule has 2 aromatic carbocycles. The summed E-state index contributed by atoms with van der Waals surface area (Å²) in [4.78, 5) is 34.2. The molecule has 14 nitrogen and oxygen atoms in total. The van der Waals surface area contributed by atoms with Crippen LogP contribution in [0.2, 0.25) is 5.02 Å². The van der Waals surface area contributed by atoms with Crippen LogP contribution in [0, 0.1) is 0 Å². The summed E-state index contributed by atoms with van der Waals surface area (Å²) in [6.07, 6.45) is 7.58. The van der Waals surface area contributed by atoms with E-state index in [1.807, 2.05) is 32.9 Å². The number of nitrogens with one attached hydrogen (secondary N) is 3. The van der Waals surface area contributed by atoms with Gasteiger partial charge in [-0.1, -0.05) is 18.5 Å². The number of halogens is 1. The van der Waals surface area contributed by atoms with Crippen LogP contribution < -0.4 is 25.0 Å². The predicted molar refractivity (Wildman–Crippen MR) is 193 cm³/mol. The Labute approximate surface area is 291 Å². The highest BCUT2D eigenvalue weighted by Crippen LogP contribution is 2.38. The van der Waals surface area contributed by atoms with Gasteiger partial charge in [0.1, 0.15) is 21.9 Å². The van der Waals surface area contributed by atoms with E-state index in [-0.39, 0.29) is 34.6 Å². The van der Waals surface area contributed by atoms with E-state index in [4.69, 9.17) is 21.1 Å². The van der Waals surface area contributed by atoms with Crippen molar-refractivity contribution in [3.05, 3.63) is 53.4 Å². The molecule has 16 heteroatoms. The second kappa shape index (κ2) is 14.5. The molecule has 0 saturated carbocycles. The lowest BCUT2D eigenvalue weighted by Crippen LogP contribution is -2.47. The van der Waals surface area contributed by atoms with Crippen LogP contribution in [-0.2, 0) is 21.2 Å². The minimum Gasteiger partial charge on any atom is -0.494 e. The van der Waals surface area contributed by atoms with Crippen LogP contribution in [0.5, 0.6) is 5.75 Å². The second-order valence-electron chi connectivity index (χ2n) is 12.8. The smallest absolute Gasteiger partial charge is 0.410 e. The number of fused-ring (bicyclic) bond motifs is 1. The number of sulfonamides is 1. The number of carbonyl (C=O) groups is 1. The Morgan fingerprint density at radius 1 is 1.08 bits per heavy atom. The lowest BCUT2D eigenvalue weighted by atomic mass is 10.0. The Kier molecular flexibility index (Phi) is 10.5. The second-order valence-corrected chi connectivity index (χ2v) is 14.9. The number of hydrogen-bond acceptors (Lipinski definition) is 12. The zero-order chi connectivity index (χ0) is 35.5. The third-order valence-electron chi connectivity index (χ3n) is 7.99. The Bertz CT molecular complexity index is 1950. The normalized spacial score (nSPS) is 14.0. The number of carbonyl (C=O) groups excluding carboxylic acids is 1. The van der Waals surface area contributed by atoms with Gasteiger partial charge in [0, 0.05) is 50.3 Å². The zero-order valence-electron chi connectivity index (χ0n) is 28.7. The Morgan fingerprint density at radius 2 is 1.80 bits per heavy atom. The van der Waals surface area contributed by atoms with Crippen molar-refractivity contribution in [3.63, 3.8) is 0 Å². The summed E-state index contributed by atoms with van der Waals surface area (Å²) in [5.74, 6) is 1.08. The minimum atomic E-state index is -3.66. The largest absolute Gasteiger partial charge is 0.494 e. The molecule has 49 heavy (non-hydrogen) atoms. The van der Waals surface area contributed by atoms with Crippen molar-refractivity contribution in [1.82, 2.24) is 24.8 Å². The summed E-state index contributed by atoms with van der Waals surface area (Å²) >= 11 is 6.50. The predicted octanol–water partition coefficient (Wildman–Crippen LogP) is 6.34. The lowest BCUT2D eigenvalue weighted by Gasteiger charge is -2.39. The van der Waals surface area contributed by atoms with E-state index in [0.717, 1.165) is 49.9 Å². The molecular formula is C33H42ClN9O5S. The fraction of sp³-hybridized carbons (Fsp3) is 0.424. The zero-order valence-corrected chi connectivity index (χ0v) is 30.2. The number of ether oxygens (including phenoxy) is 2. The molecule has 262 valence electrons. The van der Waals surface area contributed by atoms with Gasteiger partial charge in [-0.2, -0.15) is 4.98 Å². The van der Waals surface area contributed by atoms with Crippen molar-refractivity contribution in [2.24, 2.45) is 0 Å². The van der Waals surface area contributed by atoms with Gasteiger partial charge in [0.15, 0.2) is 5.82 Å². The first-order valence-corrected chi connectivity index (χ1v) is 18.1. The number of nitrogens with zero attached hydrogens (tertiary/aromatic N) is 6. The van der Waals surface area contributed by atoms with E-state index in [0.29, 0.717) is 28.2 Å². The topological polar surface area (TPSA) is 164 Å². The molecule has 1 saturated heterocycles. The van der Waals surface area contributed by atoms with Gasteiger partial charge in [-0.05, 0) is 63.8 Å². The van der Waals surface area contributed by atoms with E-state index in [9.17, 15) is 13.2 Å². The van der Waals surface area contributed by atoms with E-state index < -0.39 is 15.6 Å². The molecule has 0 spiro atoms. The number of rotatable bonds is 10. The average Bonchev–Trinajstić information content (AvgIpc) is 3.05. The van der Waals surface area contributed by atoms with Crippen LogP contribution in [0.4, 0.5) is 39.3 Å². The number of aromatic nitrogens is 4. The standard InChI is InChI=1S/C33H42ClN9O5S/c1-8-20-17-25(27(47-6)18-26(20)43-15-11-21(12-16-43)42(5)32(44)48-33(2,3)4)39-31-37-19-22(34)30(40-31)38-24-10-9-23-28(36-14-13-35-23)29(24)41-49(7,45)46/h9-10,13-14,17-19,21,41H,8,11-12,15-16H2,1-7H3,(H2,37,38,39,40). The number of piperidine rings is 1. The number of amides is 1. The van der Waals surface area contributed by atoms with Crippen LogP contribution in [0.1, 0.15) is 46.1 Å². The molecule has 1 amide bonds. The third-order valence-corrected chi connectivity index (χ3v) is 8.84. The summed E-state index contributed by atoms with van der Waals surface area (Å²) in [7, 11) is -0.252. The first-order valence-electron chi connectivity index (χ1n) is 15.9. The van der Waals surface area contributed by atoms with Crippen molar-refractivity contribution in [2.75, 3.05) is 53.8 Å². The number of benzene rings is 2. The average molecular weight is 712 g/mol. The van der Waals surface area contributed by atoms with Crippen molar-refractivity contribution in [2.45, 2.75) is 58.6 Å². The highest BCUT2D eigenvalue weighted by molar-refractivity contribution is 7.92. The summed E-state index contributed by atoms with van der Waals surface area (Å²) in [5.41, 5.74) is 3.74. The number of methoxy groups -OCH3 is 1. The van der Waals surface area contributed by atoms with Gasteiger partial charge in [0.05, 0.1) is 42.1 Å². The summed E-state index contributed by atoms with van der Waals surface area (Å²) in [6, 6.07) is 7.50. The van der Waals surface area contributed by atoms with Crippen molar-refractivity contribution >= 4 is 73.3 Å². The third kappa shape index (κ3) is 8.70. The van der Waals surface area contributed by atoms with Gasteiger partial charge in [-0.15, -0.1) is 0 Å². The highest BCUT2D eigenvalue weighted by Gasteiger charge is 2.29. The van der Waals surface area contributed by atoms with Gasteiger partial charge >= 0.3 is 6.09 Å². The van der Waals surface area contributed by atoms with Crippen LogP contribution >= 0.6 is 11.6 Å². The van der Waals surface area contributed by atoms with E-state index in [1.54, 1.807) is 31.2 Å². The number of hydrogen-bond donors (Lipinski definition) is 3. The maximum Gasteiger partial charge on any atom is 0.410 e. The molecule has 4 aromatic rings. The molecule has 1 fully saturated rings. The van der Waals surface area contributed by atoms with Gasteiger partial charge in [0.25, 0.3) is 0 Å². The lowest BCUT2D eigenvalue weighted by molar-refractivity contribution is 0.0201. The first kappa shape index (κ1) is 35.7. The molecule has 1 aliphatic rings. The monoisotopic (exact) mass is 711 g/mol. The minimum absolute atomic E-state index is 0.0876. The Balaban J connectivity index is 1.36. The van der Waals surface area contributed by atoms with E-state index >= 15 is 0 Å². The maximum absolute atomic E-state index is 12.6. The molecule has 3 N–H and O–H groups in total. The molecule has 2 aromatic heterocycles. The molecule has 0 unspecified atom stereocenters. The molecule has 0 radical (unpaired) electrons. The maximum atomic E-state index is 12.6. The molecule has 1 aliphatic heterocycles. The highest BCUT2D eigenvalue weighted by atomic mass is 35.5. The Hall–Kier alpha value is -4.63. The SMILES string of the molecule is CCc1cc(Nc2ncc(Cl)c(Nc3ccc4nccnc4c3NS(C)(=O)=O)n2)c(OC)cc1N1CCC(N(C)C(=O)OC(C)(C)C)CC1. The molecule has 3 heterocycles. The van der Waals surface area contributed by atoms with Gasteiger partial charge in [0.2, 0.25) is 16.0 Å². The summed E-state index contributed by atoms with van der Waals surface area (Å²) in [6.45, 7) is 9.24. The molecule has 5 rings (SSSR count). The molecular weight excluding hydrogens is 670 g/mol. The fourth-order valence-corrected chi connectivity index (χ4v) is 6.34. The summed E-state index contributed by atoms with van der Waals surface area (Å²) in [5, 5.41) is 6.60. The number of aryl methyl sites for hydroxylation is 1. The van der Waals surface area contributed by atoms with Gasteiger partial charge in [-0.3, -0.25) is 14.7 Å². The molecule has 0 atom stereocenters.